The molecule has 1 atom stereocenters. The van der Waals surface area contributed by atoms with Crippen molar-refractivity contribution in [1.82, 2.24) is 4.57 Å². The number of amides is 1. The smallest absolute Gasteiger partial charge is 0.268 e. The van der Waals surface area contributed by atoms with Crippen molar-refractivity contribution < 1.29 is 9.90 Å². The van der Waals surface area contributed by atoms with Crippen molar-refractivity contribution in [2.24, 2.45) is 0 Å². The van der Waals surface area contributed by atoms with Crippen molar-refractivity contribution in [2.45, 2.75) is 26.3 Å². The van der Waals surface area contributed by atoms with Gasteiger partial charge in [-0.25, -0.2) is 0 Å². The Labute approximate surface area is 144 Å². The predicted molar refractivity (Wildman–Crippen MR) is 97.4 cm³/mol. The summed E-state index contributed by atoms with van der Waals surface area (Å²) in [5, 5.41) is 13.9. The number of nitrogens with zero attached hydrogens (tertiary/aromatic N) is 1. The number of para-hydroxylation sites is 1. The van der Waals surface area contributed by atoms with Crippen LogP contribution in [0.1, 0.15) is 34.5 Å². The van der Waals surface area contributed by atoms with Crippen LogP contribution in [0, 0.1) is 6.92 Å². The predicted octanol–water partition coefficient (Wildman–Crippen LogP) is 3.38. The first-order valence-electron chi connectivity index (χ1n) is 8.24. The average Bonchev–Trinajstić information content (AvgIpc) is 2.89. The highest BCUT2D eigenvalue weighted by molar-refractivity contribution is 6.09. The fourth-order valence-electron chi connectivity index (χ4n) is 3.64. The third-order valence-electron chi connectivity index (χ3n) is 4.74. The minimum atomic E-state index is -0.594. The van der Waals surface area contributed by atoms with Gasteiger partial charge >= 0.3 is 0 Å². The van der Waals surface area contributed by atoms with Gasteiger partial charge in [0.15, 0.2) is 0 Å². The van der Waals surface area contributed by atoms with Gasteiger partial charge in [-0.05, 0) is 49.6 Å². The molecular weight excluding hydrogens is 316 g/mol. The number of pyridine rings is 1. The second kappa shape index (κ2) is 5.48. The van der Waals surface area contributed by atoms with Gasteiger partial charge in [0.2, 0.25) is 0 Å². The van der Waals surface area contributed by atoms with E-state index in [-0.39, 0.29) is 17.4 Å². The van der Waals surface area contributed by atoms with Gasteiger partial charge in [-0.2, -0.15) is 0 Å². The Morgan fingerprint density at radius 3 is 2.76 bits per heavy atom. The van der Waals surface area contributed by atoms with E-state index in [0.717, 1.165) is 23.1 Å². The summed E-state index contributed by atoms with van der Waals surface area (Å²) >= 11 is 0. The summed E-state index contributed by atoms with van der Waals surface area (Å²) in [5.74, 6) is -0.847. The number of aromatic hydroxyl groups is 1. The first-order valence-corrected chi connectivity index (χ1v) is 8.24. The zero-order chi connectivity index (χ0) is 17.7. The fourth-order valence-corrected chi connectivity index (χ4v) is 3.64. The van der Waals surface area contributed by atoms with Crippen LogP contribution in [0.15, 0.2) is 47.3 Å². The highest BCUT2D eigenvalue weighted by Crippen LogP contribution is 2.36. The summed E-state index contributed by atoms with van der Waals surface area (Å²) in [6.45, 7) is 3.86. The molecule has 1 aliphatic heterocycles. The number of benzene rings is 2. The van der Waals surface area contributed by atoms with Crippen molar-refractivity contribution in [3.63, 3.8) is 0 Å². The van der Waals surface area contributed by atoms with Gasteiger partial charge < -0.3 is 15.0 Å². The van der Waals surface area contributed by atoms with Gasteiger partial charge in [0.1, 0.15) is 11.3 Å². The lowest BCUT2D eigenvalue weighted by molar-refractivity contribution is 0.102. The molecule has 0 radical (unpaired) electrons. The molecule has 2 N–H and O–H groups in total. The molecule has 126 valence electrons. The van der Waals surface area contributed by atoms with E-state index in [1.165, 1.54) is 0 Å². The van der Waals surface area contributed by atoms with Crippen LogP contribution in [-0.2, 0) is 6.42 Å². The van der Waals surface area contributed by atoms with E-state index in [0.29, 0.717) is 11.1 Å². The Balaban J connectivity index is 1.89. The van der Waals surface area contributed by atoms with Gasteiger partial charge in [-0.3, -0.25) is 9.59 Å². The van der Waals surface area contributed by atoms with E-state index >= 15 is 0 Å². The number of nitrogens with one attached hydrogen (secondary N) is 1. The molecule has 1 amide bonds. The monoisotopic (exact) mass is 334 g/mol. The van der Waals surface area contributed by atoms with Crippen LogP contribution in [-0.4, -0.2) is 15.6 Å². The number of hydrogen-bond donors (Lipinski definition) is 2. The minimum absolute atomic E-state index is 0.0430. The van der Waals surface area contributed by atoms with E-state index in [4.69, 9.17) is 0 Å². The maximum Gasteiger partial charge on any atom is 0.268 e. The molecule has 2 aromatic carbocycles. The molecule has 2 heterocycles. The molecule has 0 unspecified atom stereocenters. The maximum absolute atomic E-state index is 12.9. The average molecular weight is 334 g/mol. The first kappa shape index (κ1) is 15.4. The van der Waals surface area contributed by atoms with E-state index in [1.54, 1.807) is 16.7 Å². The van der Waals surface area contributed by atoms with Crippen LogP contribution in [0.2, 0.25) is 0 Å². The quantitative estimate of drug-likeness (QED) is 0.755. The van der Waals surface area contributed by atoms with Gasteiger partial charge in [0.05, 0.1) is 5.52 Å². The summed E-state index contributed by atoms with van der Waals surface area (Å²) in [4.78, 5) is 25.6. The molecule has 0 saturated carbocycles. The summed E-state index contributed by atoms with van der Waals surface area (Å²) in [6, 6.07) is 12.8. The van der Waals surface area contributed by atoms with Crippen molar-refractivity contribution in [3.8, 4) is 5.75 Å². The molecule has 4 rings (SSSR count). The maximum atomic E-state index is 12.9. The third kappa shape index (κ3) is 2.31. The number of carbonyl (C=O) groups excluding carboxylic acids is 1. The molecule has 3 aromatic rings. The van der Waals surface area contributed by atoms with Crippen LogP contribution in [0.5, 0.6) is 5.75 Å². The van der Waals surface area contributed by atoms with Crippen molar-refractivity contribution in [1.29, 1.82) is 0 Å². The van der Waals surface area contributed by atoms with Crippen molar-refractivity contribution in [2.75, 3.05) is 5.32 Å². The molecule has 1 aliphatic rings. The molecule has 1 aromatic heterocycles. The van der Waals surface area contributed by atoms with Crippen LogP contribution >= 0.6 is 0 Å². The zero-order valence-electron chi connectivity index (χ0n) is 14.0. The molecule has 5 nitrogen and oxygen atoms in total. The lowest BCUT2D eigenvalue weighted by atomic mass is 10.1. The Bertz CT molecular complexity index is 1080. The number of aryl methyl sites for hydroxylation is 1. The normalized spacial score (nSPS) is 15.5. The highest BCUT2D eigenvalue weighted by atomic mass is 16.3. The number of anilines is 1. The molecule has 5 heteroatoms. The molecular formula is C20H18N2O3. The molecule has 0 bridgehead atoms. The molecule has 25 heavy (non-hydrogen) atoms. The molecule has 0 spiro atoms. The van der Waals surface area contributed by atoms with Gasteiger partial charge in [-0.1, -0.05) is 24.3 Å². The fraction of sp³-hybridized carbons (Fsp3) is 0.200. The van der Waals surface area contributed by atoms with Crippen molar-refractivity contribution >= 4 is 22.5 Å². The van der Waals surface area contributed by atoms with E-state index in [9.17, 15) is 14.7 Å². The Hall–Kier alpha value is -3.08. The van der Waals surface area contributed by atoms with Gasteiger partial charge in [0.25, 0.3) is 11.5 Å². The topological polar surface area (TPSA) is 71.3 Å². The SMILES string of the molecule is Cc1cccc(NC(=O)c2c(O)c3cccc4c3n(c2=O)[C@H](C)C4)c1. The second-order valence-electron chi connectivity index (χ2n) is 6.59. The van der Waals surface area contributed by atoms with Crippen molar-refractivity contribution in [3.05, 3.63) is 69.5 Å². The lowest BCUT2D eigenvalue weighted by Crippen LogP contribution is -2.30. The van der Waals surface area contributed by atoms with Crippen LogP contribution in [0.25, 0.3) is 10.9 Å². The first-order chi connectivity index (χ1) is 12.0. The number of aromatic nitrogens is 1. The summed E-state index contributed by atoms with van der Waals surface area (Å²) in [5.41, 5.74) is 2.67. The Morgan fingerprint density at radius 2 is 2.00 bits per heavy atom. The summed E-state index contributed by atoms with van der Waals surface area (Å²) in [7, 11) is 0. The lowest BCUT2D eigenvalue weighted by Gasteiger charge is -2.14. The molecule has 0 aliphatic carbocycles. The van der Waals surface area contributed by atoms with Crippen LogP contribution in [0.4, 0.5) is 5.69 Å². The van der Waals surface area contributed by atoms with Gasteiger partial charge in [0, 0.05) is 17.1 Å². The second-order valence-corrected chi connectivity index (χ2v) is 6.59. The molecule has 0 fully saturated rings. The number of carbonyl (C=O) groups is 1. The van der Waals surface area contributed by atoms with E-state index in [2.05, 4.69) is 5.32 Å². The standard InChI is InChI=1S/C20H18N2O3/c1-11-5-3-7-14(9-11)21-19(24)16-18(23)15-8-4-6-13-10-12(2)22(17(13)15)20(16)25/h3-9,12,23H,10H2,1-2H3,(H,21,24)/t12-/m1/s1. The van der Waals surface area contributed by atoms with Gasteiger partial charge in [-0.15, -0.1) is 0 Å². The third-order valence-corrected chi connectivity index (χ3v) is 4.74. The van der Waals surface area contributed by atoms with E-state index in [1.807, 2.05) is 44.2 Å². The summed E-state index contributed by atoms with van der Waals surface area (Å²) in [6.07, 6.45) is 0.717. The largest absolute Gasteiger partial charge is 0.506 e. The minimum Gasteiger partial charge on any atom is -0.506 e. The highest BCUT2D eigenvalue weighted by Gasteiger charge is 2.29. The summed E-state index contributed by atoms with van der Waals surface area (Å²) < 4.78 is 1.62. The number of rotatable bonds is 2. The number of hydrogen-bond acceptors (Lipinski definition) is 3. The molecule has 0 saturated heterocycles. The van der Waals surface area contributed by atoms with E-state index < -0.39 is 11.5 Å². The van der Waals surface area contributed by atoms with Crippen LogP contribution < -0.4 is 10.9 Å². The zero-order valence-corrected chi connectivity index (χ0v) is 14.0. The Morgan fingerprint density at radius 1 is 1.24 bits per heavy atom. The Kier molecular flexibility index (Phi) is 3.39. The van der Waals surface area contributed by atoms with Crippen LogP contribution in [0.3, 0.4) is 0 Å².